The maximum absolute atomic E-state index is 3.68. The highest BCUT2D eigenvalue weighted by atomic mass is 32.1. The summed E-state index contributed by atoms with van der Waals surface area (Å²) in [5.41, 5.74) is 0.192. The summed E-state index contributed by atoms with van der Waals surface area (Å²) in [6, 6.07) is 5.60. The molecule has 0 aliphatic carbocycles. The van der Waals surface area contributed by atoms with Gasteiger partial charge in [0.05, 0.1) is 0 Å². The second-order valence-corrected chi connectivity index (χ2v) is 7.95. The van der Waals surface area contributed by atoms with Crippen molar-refractivity contribution in [3.63, 3.8) is 0 Å². The first kappa shape index (κ1) is 17.7. The zero-order valence-corrected chi connectivity index (χ0v) is 14.9. The summed E-state index contributed by atoms with van der Waals surface area (Å²) in [5, 5.41) is 5.86. The highest BCUT2D eigenvalue weighted by Gasteiger charge is 2.22. The Kier molecular flexibility index (Phi) is 7.21. The molecule has 0 aliphatic heterocycles. The van der Waals surface area contributed by atoms with Crippen LogP contribution >= 0.6 is 11.3 Å². The van der Waals surface area contributed by atoms with Gasteiger partial charge in [-0.15, -0.1) is 11.3 Å². The first-order valence-electron chi connectivity index (χ1n) is 7.86. The molecule has 0 bridgehead atoms. The van der Waals surface area contributed by atoms with Crippen LogP contribution in [0.2, 0.25) is 0 Å². The lowest BCUT2D eigenvalue weighted by Gasteiger charge is -2.36. The summed E-state index contributed by atoms with van der Waals surface area (Å²) in [7, 11) is 0. The summed E-state index contributed by atoms with van der Waals surface area (Å²) in [6.07, 6.45) is 2.50. The summed E-state index contributed by atoms with van der Waals surface area (Å²) < 4.78 is 0. The van der Waals surface area contributed by atoms with Gasteiger partial charge >= 0.3 is 0 Å². The molecule has 1 aromatic heterocycles. The predicted molar refractivity (Wildman–Crippen MR) is 91.4 cm³/mol. The maximum Gasteiger partial charge on any atom is 0.0334 e. The molecule has 1 aromatic rings. The van der Waals surface area contributed by atoms with Gasteiger partial charge in [-0.1, -0.05) is 19.4 Å². The molecule has 0 amide bonds. The molecule has 116 valence electrons. The second-order valence-electron chi connectivity index (χ2n) is 6.92. The molecule has 0 spiro atoms. The Hall–Kier alpha value is -0.380. The van der Waals surface area contributed by atoms with Crippen LogP contribution in [0.3, 0.4) is 0 Å². The van der Waals surface area contributed by atoms with Crippen LogP contribution in [0.1, 0.15) is 59.3 Å². The molecule has 1 unspecified atom stereocenters. The third-order valence-corrected chi connectivity index (χ3v) is 4.40. The molecule has 1 rings (SSSR count). The van der Waals surface area contributed by atoms with E-state index in [9.17, 15) is 0 Å². The van der Waals surface area contributed by atoms with Crippen molar-refractivity contribution in [2.75, 3.05) is 6.54 Å². The van der Waals surface area contributed by atoms with Crippen molar-refractivity contribution in [3.8, 4) is 0 Å². The highest BCUT2D eigenvalue weighted by molar-refractivity contribution is 7.09. The molecule has 20 heavy (non-hydrogen) atoms. The van der Waals surface area contributed by atoms with E-state index in [4.69, 9.17) is 0 Å². The van der Waals surface area contributed by atoms with Gasteiger partial charge in [0.2, 0.25) is 0 Å². The Labute approximate surface area is 129 Å². The topological polar surface area (TPSA) is 15.3 Å². The van der Waals surface area contributed by atoms with Crippen LogP contribution in [0.15, 0.2) is 17.5 Å². The number of hydrogen-bond acceptors (Lipinski definition) is 3. The van der Waals surface area contributed by atoms with Crippen LogP contribution in [0.25, 0.3) is 0 Å². The fourth-order valence-corrected chi connectivity index (χ4v) is 3.17. The SMILES string of the molecule is CCCC(CNC(C)(C)C)N(Cc1cccs1)C(C)C. The van der Waals surface area contributed by atoms with Crippen molar-refractivity contribution in [2.24, 2.45) is 0 Å². The first-order chi connectivity index (χ1) is 9.33. The molecule has 0 aromatic carbocycles. The fourth-order valence-electron chi connectivity index (χ4n) is 2.46. The van der Waals surface area contributed by atoms with Gasteiger partial charge in [-0.3, -0.25) is 4.90 Å². The lowest BCUT2D eigenvalue weighted by atomic mass is 10.0. The van der Waals surface area contributed by atoms with E-state index in [1.165, 1.54) is 17.7 Å². The predicted octanol–water partition coefficient (Wildman–Crippen LogP) is 4.52. The van der Waals surface area contributed by atoms with Crippen molar-refractivity contribution >= 4 is 11.3 Å². The molecule has 1 heterocycles. The molecule has 2 nitrogen and oxygen atoms in total. The van der Waals surface area contributed by atoms with E-state index in [-0.39, 0.29) is 5.54 Å². The van der Waals surface area contributed by atoms with Gasteiger partial charge in [-0.25, -0.2) is 0 Å². The van der Waals surface area contributed by atoms with E-state index in [0.717, 1.165) is 13.1 Å². The first-order valence-corrected chi connectivity index (χ1v) is 8.74. The van der Waals surface area contributed by atoms with Gasteiger partial charge in [0.15, 0.2) is 0 Å². The van der Waals surface area contributed by atoms with Crippen LogP contribution in [-0.2, 0) is 6.54 Å². The molecule has 1 atom stereocenters. The summed E-state index contributed by atoms with van der Waals surface area (Å²) in [4.78, 5) is 4.12. The van der Waals surface area contributed by atoms with Gasteiger partial charge in [0.1, 0.15) is 0 Å². The molecule has 1 N–H and O–H groups in total. The molecule has 0 radical (unpaired) electrons. The van der Waals surface area contributed by atoms with Crippen LogP contribution < -0.4 is 5.32 Å². The van der Waals surface area contributed by atoms with Crippen LogP contribution in [0, 0.1) is 0 Å². The third-order valence-electron chi connectivity index (χ3n) is 3.54. The van der Waals surface area contributed by atoms with Crippen LogP contribution in [0.5, 0.6) is 0 Å². The fraction of sp³-hybridized carbons (Fsp3) is 0.765. The van der Waals surface area contributed by atoms with Crippen molar-refractivity contribution in [2.45, 2.75) is 78.6 Å². The average Bonchev–Trinajstić information content (AvgIpc) is 2.83. The molecule has 0 saturated heterocycles. The zero-order chi connectivity index (χ0) is 15.2. The van der Waals surface area contributed by atoms with Crippen LogP contribution in [0.4, 0.5) is 0 Å². The molecule has 0 saturated carbocycles. The van der Waals surface area contributed by atoms with Gasteiger partial charge in [-0.05, 0) is 52.5 Å². The summed E-state index contributed by atoms with van der Waals surface area (Å²) in [5.74, 6) is 0. The van der Waals surface area contributed by atoms with E-state index in [0.29, 0.717) is 12.1 Å². The van der Waals surface area contributed by atoms with E-state index in [2.05, 4.69) is 69.3 Å². The Bertz CT molecular complexity index is 352. The normalized spacial score (nSPS) is 14.2. The van der Waals surface area contributed by atoms with Crippen molar-refractivity contribution in [1.29, 1.82) is 0 Å². The van der Waals surface area contributed by atoms with Crippen molar-refractivity contribution < 1.29 is 0 Å². The Morgan fingerprint density at radius 1 is 1.30 bits per heavy atom. The molecular formula is C17H32N2S. The number of nitrogens with one attached hydrogen (secondary N) is 1. The van der Waals surface area contributed by atoms with Crippen LogP contribution in [-0.4, -0.2) is 29.1 Å². The zero-order valence-electron chi connectivity index (χ0n) is 14.1. The maximum atomic E-state index is 3.68. The number of hydrogen-bond donors (Lipinski definition) is 1. The van der Waals surface area contributed by atoms with E-state index < -0.39 is 0 Å². The minimum absolute atomic E-state index is 0.192. The lowest BCUT2D eigenvalue weighted by Crippen LogP contribution is -2.49. The van der Waals surface area contributed by atoms with E-state index in [1.54, 1.807) is 0 Å². The third kappa shape index (κ3) is 6.38. The quantitative estimate of drug-likeness (QED) is 0.759. The Morgan fingerprint density at radius 3 is 2.45 bits per heavy atom. The second kappa shape index (κ2) is 8.16. The average molecular weight is 297 g/mol. The molecular weight excluding hydrogens is 264 g/mol. The minimum atomic E-state index is 0.192. The number of nitrogens with zero attached hydrogens (tertiary/aromatic N) is 1. The monoisotopic (exact) mass is 296 g/mol. The summed E-state index contributed by atoms with van der Waals surface area (Å²) >= 11 is 1.87. The van der Waals surface area contributed by atoms with Gasteiger partial charge < -0.3 is 5.32 Å². The van der Waals surface area contributed by atoms with Gasteiger partial charge in [-0.2, -0.15) is 0 Å². The Morgan fingerprint density at radius 2 is 2.00 bits per heavy atom. The van der Waals surface area contributed by atoms with E-state index >= 15 is 0 Å². The smallest absolute Gasteiger partial charge is 0.0334 e. The number of thiophene rings is 1. The summed E-state index contributed by atoms with van der Waals surface area (Å²) in [6.45, 7) is 15.8. The minimum Gasteiger partial charge on any atom is -0.311 e. The molecule has 3 heteroatoms. The van der Waals surface area contributed by atoms with Crippen molar-refractivity contribution in [1.82, 2.24) is 10.2 Å². The van der Waals surface area contributed by atoms with Gasteiger partial charge in [0, 0.05) is 35.6 Å². The molecule has 0 fully saturated rings. The lowest BCUT2D eigenvalue weighted by molar-refractivity contribution is 0.128. The Balaban J connectivity index is 2.71. The number of rotatable bonds is 8. The standard InChI is InChI=1S/C17H32N2S/c1-7-9-15(12-18-17(4,5)6)19(14(2)3)13-16-10-8-11-20-16/h8,10-11,14-15,18H,7,9,12-13H2,1-6H3. The molecule has 0 aliphatic rings. The van der Waals surface area contributed by atoms with E-state index in [1.807, 2.05) is 11.3 Å². The highest BCUT2D eigenvalue weighted by Crippen LogP contribution is 2.19. The largest absolute Gasteiger partial charge is 0.311 e. The van der Waals surface area contributed by atoms with Crippen molar-refractivity contribution in [3.05, 3.63) is 22.4 Å². The van der Waals surface area contributed by atoms with Gasteiger partial charge in [0.25, 0.3) is 0 Å².